The second kappa shape index (κ2) is 7.60. The highest BCUT2D eigenvalue weighted by atomic mass is 32.2. The van der Waals surface area contributed by atoms with Gasteiger partial charge in [-0.25, -0.2) is 13.2 Å². The van der Waals surface area contributed by atoms with Crippen molar-refractivity contribution in [2.75, 3.05) is 25.7 Å². The van der Waals surface area contributed by atoms with Crippen molar-refractivity contribution in [3.8, 4) is 22.6 Å². The zero-order chi connectivity index (χ0) is 19.6. The van der Waals surface area contributed by atoms with E-state index in [1.807, 2.05) is 19.1 Å². The number of carbonyl (C=O) groups excluding carboxylic acids is 1. The van der Waals surface area contributed by atoms with Crippen LogP contribution in [-0.2, 0) is 21.2 Å². The number of rotatable bonds is 6. The molecule has 144 valence electrons. The Morgan fingerprint density at radius 2 is 2.00 bits per heavy atom. The lowest BCUT2D eigenvalue weighted by atomic mass is 9.91. The van der Waals surface area contributed by atoms with Crippen molar-refractivity contribution in [3.63, 3.8) is 0 Å². The summed E-state index contributed by atoms with van der Waals surface area (Å²) in [6, 6.07) is 9.05. The van der Waals surface area contributed by atoms with Gasteiger partial charge in [-0.05, 0) is 54.8 Å². The van der Waals surface area contributed by atoms with Crippen molar-refractivity contribution in [2.45, 2.75) is 20.0 Å². The number of methoxy groups -OCH3 is 1. The first kappa shape index (κ1) is 19.2. The SMILES string of the molecule is COC(=O)c1ccc2c(c1)-c1c(C)cc(OCCCS(C)(=O)=O)cc1CO2. The number of sulfone groups is 1. The van der Waals surface area contributed by atoms with Gasteiger partial charge in [-0.3, -0.25) is 0 Å². The molecule has 0 fully saturated rings. The van der Waals surface area contributed by atoms with E-state index in [9.17, 15) is 13.2 Å². The molecule has 0 spiro atoms. The van der Waals surface area contributed by atoms with Gasteiger partial charge in [0.05, 0.1) is 25.0 Å². The smallest absolute Gasteiger partial charge is 0.337 e. The van der Waals surface area contributed by atoms with Gasteiger partial charge in [-0.2, -0.15) is 0 Å². The van der Waals surface area contributed by atoms with Crippen LogP contribution in [0.5, 0.6) is 11.5 Å². The van der Waals surface area contributed by atoms with Crippen molar-refractivity contribution in [1.29, 1.82) is 0 Å². The van der Waals surface area contributed by atoms with Crippen molar-refractivity contribution in [3.05, 3.63) is 47.0 Å². The minimum absolute atomic E-state index is 0.101. The fourth-order valence-corrected chi connectivity index (χ4v) is 3.81. The minimum atomic E-state index is -2.99. The molecular formula is C20H22O6S. The fraction of sp³-hybridized carbons (Fsp3) is 0.350. The first-order valence-electron chi connectivity index (χ1n) is 8.58. The largest absolute Gasteiger partial charge is 0.494 e. The zero-order valence-electron chi connectivity index (χ0n) is 15.6. The Kier molecular flexibility index (Phi) is 5.41. The monoisotopic (exact) mass is 390 g/mol. The summed E-state index contributed by atoms with van der Waals surface area (Å²) in [7, 11) is -1.63. The summed E-state index contributed by atoms with van der Waals surface area (Å²) in [5.41, 5.74) is 4.29. The molecule has 27 heavy (non-hydrogen) atoms. The second-order valence-electron chi connectivity index (χ2n) is 6.60. The maximum atomic E-state index is 11.8. The lowest BCUT2D eigenvalue weighted by molar-refractivity contribution is 0.0600. The van der Waals surface area contributed by atoms with E-state index in [-0.39, 0.29) is 5.75 Å². The Morgan fingerprint density at radius 1 is 1.22 bits per heavy atom. The molecule has 0 unspecified atom stereocenters. The molecule has 0 saturated carbocycles. The maximum absolute atomic E-state index is 11.8. The van der Waals surface area contributed by atoms with E-state index in [1.54, 1.807) is 18.2 Å². The third-order valence-corrected chi connectivity index (χ3v) is 5.40. The fourth-order valence-electron chi connectivity index (χ4n) is 3.17. The summed E-state index contributed by atoms with van der Waals surface area (Å²) in [5.74, 6) is 1.10. The summed E-state index contributed by atoms with van der Waals surface area (Å²) in [5, 5.41) is 0. The highest BCUT2D eigenvalue weighted by Crippen LogP contribution is 2.41. The number of aryl methyl sites for hydroxylation is 1. The van der Waals surface area contributed by atoms with Crippen LogP contribution in [0.4, 0.5) is 0 Å². The number of esters is 1. The standard InChI is InChI=1S/C20H22O6S/c1-13-9-16(25-7-4-8-27(3,22)23)10-15-12-26-18-6-5-14(20(21)24-2)11-17(18)19(13)15/h5-6,9-11H,4,7-8,12H2,1-3H3. The van der Waals surface area contributed by atoms with Crippen molar-refractivity contribution in [2.24, 2.45) is 0 Å². The molecule has 3 rings (SSSR count). The van der Waals surface area contributed by atoms with Gasteiger partial charge in [-0.1, -0.05) is 0 Å². The van der Waals surface area contributed by atoms with Crippen LogP contribution in [0.15, 0.2) is 30.3 Å². The summed E-state index contributed by atoms with van der Waals surface area (Å²) < 4.78 is 38.7. The normalized spacial score (nSPS) is 12.6. The summed E-state index contributed by atoms with van der Waals surface area (Å²) >= 11 is 0. The van der Waals surface area contributed by atoms with E-state index in [0.717, 1.165) is 28.0 Å². The predicted octanol–water partition coefficient (Wildman–Crippen LogP) is 3.15. The number of hydrogen-bond donors (Lipinski definition) is 0. The van der Waals surface area contributed by atoms with Crippen LogP contribution < -0.4 is 9.47 Å². The van der Waals surface area contributed by atoms with E-state index >= 15 is 0 Å². The highest BCUT2D eigenvalue weighted by molar-refractivity contribution is 7.90. The van der Waals surface area contributed by atoms with Gasteiger partial charge in [-0.15, -0.1) is 0 Å². The number of ether oxygens (including phenoxy) is 3. The van der Waals surface area contributed by atoms with Gasteiger partial charge in [0.1, 0.15) is 27.9 Å². The average molecular weight is 390 g/mol. The molecular weight excluding hydrogens is 368 g/mol. The molecule has 2 aromatic rings. The summed E-state index contributed by atoms with van der Waals surface area (Å²) in [6.07, 6.45) is 1.66. The molecule has 0 N–H and O–H groups in total. The molecule has 0 bridgehead atoms. The maximum Gasteiger partial charge on any atom is 0.337 e. The number of benzene rings is 2. The first-order chi connectivity index (χ1) is 12.8. The molecule has 0 atom stereocenters. The molecule has 1 heterocycles. The number of carbonyl (C=O) groups is 1. The zero-order valence-corrected chi connectivity index (χ0v) is 16.4. The predicted molar refractivity (Wildman–Crippen MR) is 102 cm³/mol. The van der Waals surface area contributed by atoms with Crippen molar-refractivity contribution >= 4 is 15.8 Å². The molecule has 0 radical (unpaired) electrons. The molecule has 0 aromatic heterocycles. The molecule has 6 nitrogen and oxygen atoms in total. The van der Waals surface area contributed by atoms with Crippen LogP contribution in [0.25, 0.3) is 11.1 Å². The Balaban J connectivity index is 1.86. The molecule has 7 heteroatoms. The Labute approximate surface area is 159 Å². The Bertz CT molecular complexity index is 978. The second-order valence-corrected chi connectivity index (χ2v) is 8.86. The van der Waals surface area contributed by atoms with Crippen LogP contribution in [0.2, 0.25) is 0 Å². The van der Waals surface area contributed by atoms with E-state index in [4.69, 9.17) is 14.2 Å². The third kappa shape index (κ3) is 4.42. The van der Waals surface area contributed by atoms with Gasteiger partial charge in [0.2, 0.25) is 0 Å². The van der Waals surface area contributed by atoms with E-state index < -0.39 is 15.8 Å². The van der Waals surface area contributed by atoms with Crippen LogP contribution in [0, 0.1) is 6.92 Å². The first-order valence-corrected chi connectivity index (χ1v) is 10.6. The lowest BCUT2D eigenvalue weighted by Crippen LogP contribution is -2.11. The molecule has 1 aliphatic rings. The van der Waals surface area contributed by atoms with Crippen LogP contribution in [0.1, 0.15) is 27.9 Å². The highest BCUT2D eigenvalue weighted by Gasteiger charge is 2.22. The average Bonchev–Trinajstić information content (AvgIpc) is 2.63. The van der Waals surface area contributed by atoms with E-state index in [1.165, 1.54) is 13.4 Å². The molecule has 1 aliphatic heterocycles. The topological polar surface area (TPSA) is 78.9 Å². The van der Waals surface area contributed by atoms with Gasteiger partial charge in [0, 0.05) is 17.4 Å². The molecule has 0 saturated heterocycles. The Morgan fingerprint density at radius 3 is 2.70 bits per heavy atom. The number of fused-ring (bicyclic) bond motifs is 3. The van der Waals surface area contributed by atoms with Gasteiger partial charge < -0.3 is 14.2 Å². The van der Waals surface area contributed by atoms with Crippen LogP contribution in [0.3, 0.4) is 0 Å². The summed E-state index contributed by atoms with van der Waals surface area (Å²) in [6.45, 7) is 2.71. The molecule has 0 aliphatic carbocycles. The van der Waals surface area contributed by atoms with Crippen molar-refractivity contribution < 1.29 is 27.4 Å². The summed E-state index contributed by atoms with van der Waals surface area (Å²) in [4.78, 5) is 11.8. The minimum Gasteiger partial charge on any atom is -0.494 e. The van der Waals surface area contributed by atoms with Crippen LogP contribution >= 0.6 is 0 Å². The molecule has 0 amide bonds. The Hall–Kier alpha value is -2.54. The van der Waals surface area contributed by atoms with Crippen molar-refractivity contribution in [1.82, 2.24) is 0 Å². The molecule has 2 aromatic carbocycles. The van der Waals surface area contributed by atoms with E-state index in [0.29, 0.717) is 30.9 Å². The van der Waals surface area contributed by atoms with Gasteiger partial charge in [0.25, 0.3) is 0 Å². The van der Waals surface area contributed by atoms with Crippen LogP contribution in [-0.4, -0.2) is 40.1 Å². The lowest BCUT2D eigenvalue weighted by Gasteiger charge is -2.24. The number of hydrogen-bond acceptors (Lipinski definition) is 6. The van der Waals surface area contributed by atoms with Gasteiger partial charge in [0.15, 0.2) is 0 Å². The van der Waals surface area contributed by atoms with Gasteiger partial charge >= 0.3 is 5.97 Å². The van der Waals surface area contributed by atoms with E-state index in [2.05, 4.69) is 0 Å². The third-order valence-electron chi connectivity index (χ3n) is 4.37. The quantitative estimate of drug-likeness (QED) is 0.557.